The van der Waals surface area contributed by atoms with E-state index < -0.39 is 18.5 Å². The number of hydrogen-bond acceptors (Lipinski definition) is 3. The number of benzene rings is 1. The van der Waals surface area contributed by atoms with Gasteiger partial charge in [-0.2, -0.15) is 13.2 Å². The van der Waals surface area contributed by atoms with Crippen molar-refractivity contribution in [3.05, 3.63) is 23.2 Å². The molecule has 0 saturated heterocycles. The summed E-state index contributed by atoms with van der Waals surface area (Å²) in [4.78, 5) is 12.9. The van der Waals surface area contributed by atoms with Crippen LogP contribution >= 0.6 is 11.6 Å². The molecule has 0 saturated carbocycles. The summed E-state index contributed by atoms with van der Waals surface area (Å²) in [6.07, 6.45) is -5.18. The minimum absolute atomic E-state index is 0.140. The van der Waals surface area contributed by atoms with E-state index in [1.165, 1.54) is 24.1 Å². The van der Waals surface area contributed by atoms with Gasteiger partial charge in [0.2, 0.25) is 5.91 Å². The van der Waals surface area contributed by atoms with Gasteiger partial charge < -0.3 is 11.1 Å². The van der Waals surface area contributed by atoms with Crippen molar-refractivity contribution in [1.82, 2.24) is 4.90 Å². The number of rotatable bonds is 5. The molecule has 1 aromatic carbocycles. The smallest absolute Gasteiger partial charge is 0.390 e. The highest BCUT2D eigenvalue weighted by Crippen LogP contribution is 2.22. The number of nitrogens with zero attached hydrogens (tertiary/aromatic N) is 1. The second kappa shape index (κ2) is 6.81. The van der Waals surface area contributed by atoms with Crippen LogP contribution in [0.15, 0.2) is 18.2 Å². The Kier molecular flexibility index (Phi) is 5.64. The van der Waals surface area contributed by atoms with Gasteiger partial charge in [-0.3, -0.25) is 9.69 Å². The van der Waals surface area contributed by atoms with Crippen LogP contribution in [0.5, 0.6) is 0 Å². The summed E-state index contributed by atoms with van der Waals surface area (Å²) in [6.45, 7) is -0.377. The minimum atomic E-state index is -4.23. The molecule has 4 nitrogen and oxygen atoms in total. The van der Waals surface area contributed by atoms with Crippen LogP contribution in [-0.2, 0) is 4.79 Å². The molecule has 1 amide bonds. The third-order valence-corrected chi connectivity index (χ3v) is 2.81. The molecule has 0 radical (unpaired) electrons. The molecule has 1 aromatic rings. The Morgan fingerprint density at radius 2 is 2.10 bits per heavy atom. The number of hydrogen-bond donors (Lipinski definition) is 2. The summed E-state index contributed by atoms with van der Waals surface area (Å²) in [6, 6.07) is 4.57. The summed E-state index contributed by atoms with van der Waals surface area (Å²) in [5.41, 5.74) is 6.33. The van der Waals surface area contributed by atoms with E-state index in [1.54, 1.807) is 6.07 Å². The third-order valence-electron chi connectivity index (χ3n) is 2.47. The fourth-order valence-electron chi connectivity index (χ4n) is 1.46. The second-order valence-corrected chi connectivity index (χ2v) is 4.79. The van der Waals surface area contributed by atoms with Gasteiger partial charge in [-0.25, -0.2) is 0 Å². The number of nitrogens with one attached hydrogen (secondary N) is 1. The SMILES string of the molecule is CN(CCC(F)(F)F)CC(=O)Nc1ccc(Cl)c(N)c1. The number of nitrogens with two attached hydrogens (primary N) is 1. The van der Waals surface area contributed by atoms with Crippen molar-refractivity contribution in [3.8, 4) is 0 Å². The second-order valence-electron chi connectivity index (χ2n) is 4.39. The Morgan fingerprint density at radius 1 is 1.45 bits per heavy atom. The van der Waals surface area contributed by atoms with Gasteiger partial charge in [0, 0.05) is 12.2 Å². The maximum Gasteiger partial charge on any atom is 0.390 e. The predicted octanol–water partition coefficient (Wildman–Crippen LogP) is 2.74. The molecule has 0 unspecified atom stereocenters. The zero-order valence-electron chi connectivity index (χ0n) is 10.8. The molecule has 0 fully saturated rings. The normalized spacial score (nSPS) is 11.7. The van der Waals surface area contributed by atoms with Gasteiger partial charge >= 0.3 is 6.18 Å². The highest BCUT2D eigenvalue weighted by molar-refractivity contribution is 6.33. The van der Waals surface area contributed by atoms with Crippen molar-refractivity contribution in [2.24, 2.45) is 0 Å². The van der Waals surface area contributed by atoms with Crippen LogP contribution < -0.4 is 11.1 Å². The van der Waals surface area contributed by atoms with Gasteiger partial charge in [0.15, 0.2) is 0 Å². The molecular weight excluding hydrogens is 295 g/mol. The van der Waals surface area contributed by atoms with Crippen LogP contribution in [0, 0.1) is 0 Å². The van der Waals surface area contributed by atoms with Gasteiger partial charge in [0.25, 0.3) is 0 Å². The Bertz CT molecular complexity index is 480. The number of alkyl halides is 3. The molecule has 3 N–H and O–H groups in total. The van der Waals surface area contributed by atoms with Crippen LogP contribution in [0.1, 0.15) is 6.42 Å². The molecule has 0 aliphatic heterocycles. The van der Waals surface area contributed by atoms with Crippen molar-refractivity contribution >= 4 is 28.9 Å². The molecular formula is C12H15ClF3N3O. The fourth-order valence-corrected chi connectivity index (χ4v) is 1.58. The number of carbonyl (C=O) groups excluding carboxylic acids is 1. The quantitative estimate of drug-likeness (QED) is 0.822. The summed E-state index contributed by atoms with van der Waals surface area (Å²) >= 11 is 5.73. The summed E-state index contributed by atoms with van der Waals surface area (Å²) in [7, 11) is 1.45. The van der Waals surface area contributed by atoms with Gasteiger partial charge in [-0.15, -0.1) is 0 Å². The van der Waals surface area contributed by atoms with E-state index in [4.69, 9.17) is 17.3 Å². The molecule has 20 heavy (non-hydrogen) atoms. The van der Waals surface area contributed by atoms with Gasteiger partial charge in [0.1, 0.15) is 0 Å². The summed E-state index contributed by atoms with van der Waals surface area (Å²) in [5, 5.41) is 2.90. The zero-order valence-corrected chi connectivity index (χ0v) is 11.6. The molecule has 0 atom stereocenters. The molecule has 1 rings (SSSR count). The van der Waals surface area contributed by atoms with E-state index in [-0.39, 0.29) is 13.1 Å². The van der Waals surface area contributed by atoms with Crippen LogP contribution in [-0.4, -0.2) is 37.1 Å². The number of amides is 1. The number of anilines is 2. The number of halogens is 4. The van der Waals surface area contributed by atoms with Gasteiger partial charge in [-0.05, 0) is 25.2 Å². The van der Waals surface area contributed by atoms with Crippen LogP contribution in [0.4, 0.5) is 24.5 Å². The fraction of sp³-hybridized carbons (Fsp3) is 0.417. The Morgan fingerprint density at radius 3 is 2.65 bits per heavy atom. The van der Waals surface area contributed by atoms with Gasteiger partial charge in [0.05, 0.1) is 23.7 Å². The van der Waals surface area contributed by atoms with E-state index in [2.05, 4.69) is 5.32 Å². The first-order valence-electron chi connectivity index (χ1n) is 5.77. The minimum Gasteiger partial charge on any atom is -0.397 e. The molecule has 0 spiro atoms. The highest BCUT2D eigenvalue weighted by Gasteiger charge is 2.27. The van der Waals surface area contributed by atoms with Crippen molar-refractivity contribution in [2.45, 2.75) is 12.6 Å². The monoisotopic (exact) mass is 309 g/mol. The van der Waals surface area contributed by atoms with E-state index in [9.17, 15) is 18.0 Å². The molecule has 0 aromatic heterocycles. The van der Waals surface area contributed by atoms with E-state index in [1.807, 2.05) is 0 Å². The Labute approximate surface area is 119 Å². The first-order chi connectivity index (χ1) is 9.17. The molecule has 0 bridgehead atoms. The van der Waals surface area contributed by atoms with Crippen molar-refractivity contribution < 1.29 is 18.0 Å². The Balaban J connectivity index is 2.45. The molecule has 0 heterocycles. The predicted molar refractivity (Wildman–Crippen MR) is 72.7 cm³/mol. The lowest BCUT2D eigenvalue weighted by atomic mass is 10.3. The van der Waals surface area contributed by atoms with E-state index in [0.29, 0.717) is 16.4 Å². The van der Waals surface area contributed by atoms with Crippen molar-refractivity contribution in [2.75, 3.05) is 31.2 Å². The Hall–Kier alpha value is -1.47. The number of likely N-dealkylation sites (N-methyl/N-ethyl adjacent to an activating group) is 1. The highest BCUT2D eigenvalue weighted by atomic mass is 35.5. The third kappa shape index (κ3) is 6.12. The zero-order chi connectivity index (χ0) is 15.3. The molecule has 8 heteroatoms. The van der Waals surface area contributed by atoms with Crippen LogP contribution in [0.3, 0.4) is 0 Å². The summed E-state index contributed by atoms with van der Waals surface area (Å²) in [5.74, 6) is -0.420. The van der Waals surface area contributed by atoms with Crippen LogP contribution in [0.25, 0.3) is 0 Å². The van der Waals surface area contributed by atoms with Gasteiger partial charge in [-0.1, -0.05) is 11.6 Å². The first kappa shape index (κ1) is 16.6. The van der Waals surface area contributed by atoms with E-state index >= 15 is 0 Å². The molecule has 0 aliphatic carbocycles. The van der Waals surface area contributed by atoms with Crippen molar-refractivity contribution in [3.63, 3.8) is 0 Å². The number of carbonyl (C=O) groups is 1. The average molecular weight is 310 g/mol. The number of nitrogen functional groups attached to an aromatic ring is 1. The molecule has 0 aliphatic rings. The van der Waals surface area contributed by atoms with E-state index in [0.717, 1.165) is 0 Å². The maximum absolute atomic E-state index is 12.0. The van der Waals surface area contributed by atoms with Crippen molar-refractivity contribution in [1.29, 1.82) is 0 Å². The first-order valence-corrected chi connectivity index (χ1v) is 6.15. The standard InChI is InChI=1S/C12H15ClF3N3O/c1-19(5-4-12(14,15)16)7-11(20)18-8-2-3-9(13)10(17)6-8/h2-3,6H,4-5,7,17H2,1H3,(H,18,20). The lowest BCUT2D eigenvalue weighted by Gasteiger charge is -2.17. The molecule has 112 valence electrons. The average Bonchev–Trinajstić information content (AvgIpc) is 2.30. The van der Waals surface area contributed by atoms with Crippen LogP contribution in [0.2, 0.25) is 5.02 Å². The summed E-state index contributed by atoms with van der Waals surface area (Å²) < 4.78 is 36.1. The lowest BCUT2D eigenvalue weighted by molar-refractivity contribution is -0.138. The maximum atomic E-state index is 12.0. The topological polar surface area (TPSA) is 58.4 Å². The lowest BCUT2D eigenvalue weighted by Crippen LogP contribution is -2.32. The largest absolute Gasteiger partial charge is 0.397 e.